The number of anilines is 1. The molecule has 2 aliphatic rings. The third-order valence-electron chi connectivity index (χ3n) is 6.68. The molecule has 1 fully saturated rings. The van der Waals surface area contributed by atoms with Crippen molar-refractivity contribution in [3.05, 3.63) is 92.9 Å². The van der Waals surface area contributed by atoms with E-state index in [4.69, 9.17) is 0 Å². The van der Waals surface area contributed by atoms with Crippen molar-refractivity contribution in [1.82, 2.24) is 14.8 Å². The number of aromatic amines is 1. The first-order valence-corrected chi connectivity index (χ1v) is 11.9. The van der Waals surface area contributed by atoms with Gasteiger partial charge in [0.05, 0.1) is 18.3 Å². The van der Waals surface area contributed by atoms with Crippen LogP contribution in [0.25, 0.3) is 10.9 Å². The molecule has 2 unspecified atom stereocenters. The van der Waals surface area contributed by atoms with Crippen molar-refractivity contribution in [1.29, 1.82) is 0 Å². The summed E-state index contributed by atoms with van der Waals surface area (Å²) in [6.07, 6.45) is 0.411. The molecule has 2 aliphatic heterocycles. The molecule has 2 N–H and O–H groups in total. The summed E-state index contributed by atoms with van der Waals surface area (Å²) in [5, 5.41) is 23.8. The molecule has 2 aromatic carbocycles. The van der Waals surface area contributed by atoms with Gasteiger partial charge in [0, 0.05) is 27.9 Å². The van der Waals surface area contributed by atoms with Crippen molar-refractivity contribution in [3.63, 3.8) is 0 Å². The van der Waals surface area contributed by atoms with Gasteiger partial charge in [-0.25, -0.2) is 0 Å². The zero-order chi connectivity index (χ0) is 23.4. The van der Waals surface area contributed by atoms with Crippen LogP contribution in [0, 0.1) is 5.21 Å². The quantitative estimate of drug-likeness (QED) is 0.439. The lowest BCUT2D eigenvalue weighted by Gasteiger charge is -2.47. The highest BCUT2D eigenvalue weighted by Crippen LogP contribution is 2.43. The number of rotatable bonds is 4. The van der Waals surface area contributed by atoms with Gasteiger partial charge in [0.2, 0.25) is 11.8 Å². The van der Waals surface area contributed by atoms with Crippen molar-refractivity contribution in [3.8, 4) is 0 Å². The van der Waals surface area contributed by atoms with Crippen molar-refractivity contribution >= 4 is 39.7 Å². The van der Waals surface area contributed by atoms with Crippen LogP contribution in [0.3, 0.4) is 0 Å². The third-order valence-corrected chi connectivity index (χ3v) is 7.54. The monoisotopic (exact) mass is 473 g/mol. The summed E-state index contributed by atoms with van der Waals surface area (Å²) in [6.45, 7) is 0.399. The number of H-pyrrole nitrogens is 1. The second-order valence-electron chi connectivity index (χ2n) is 8.63. The SMILES string of the molecule is O=C1C2Cc3c([nH]c4ccccc34)C(c3cccc(N([O-])O)c3)N2C(=O)CN1Cc1cccs1. The average molecular weight is 474 g/mol. The molecule has 4 aromatic rings. The summed E-state index contributed by atoms with van der Waals surface area (Å²) in [6, 6.07) is 17.1. The Balaban J connectivity index is 1.49. The summed E-state index contributed by atoms with van der Waals surface area (Å²) < 4.78 is 0. The van der Waals surface area contributed by atoms with Gasteiger partial charge in [0.1, 0.15) is 12.6 Å². The number of fused-ring (bicyclic) bond motifs is 4. The van der Waals surface area contributed by atoms with Gasteiger partial charge >= 0.3 is 0 Å². The first-order valence-electron chi connectivity index (χ1n) is 11.0. The van der Waals surface area contributed by atoms with Gasteiger partial charge in [-0.05, 0) is 40.8 Å². The van der Waals surface area contributed by atoms with E-state index >= 15 is 0 Å². The van der Waals surface area contributed by atoms with Crippen LogP contribution < -0.4 is 5.23 Å². The minimum atomic E-state index is -0.654. The van der Waals surface area contributed by atoms with Crippen LogP contribution in [0.1, 0.15) is 27.7 Å². The molecular weight excluding hydrogens is 452 g/mol. The van der Waals surface area contributed by atoms with E-state index in [9.17, 15) is 20.0 Å². The molecule has 34 heavy (non-hydrogen) atoms. The summed E-state index contributed by atoms with van der Waals surface area (Å²) in [4.78, 5) is 35.0. The second-order valence-corrected chi connectivity index (χ2v) is 9.66. The molecule has 172 valence electrons. The number of amides is 2. The van der Waals surface area contributed by atoms with Crippen LogP contribution in [-0.2, 0) is 22.6 Å². The summed E-state index contributed by atoms with van der Waals surface area (Å²) in [7, 11) is 0. The standard InChI is InChI=1S/C25H21N4O4S/c30-22-14-27(13-17-7-4-10-34-17)25(31)21-12-19-18-8-1-2-9-20(18)26-23(19)24(28(21)22)15-5-3-6-16(11-15)29(32)33/h1-11,21,24,26,32H,12-14H2/q-1. The fraction of sp³-hybridized carbons (Fsp3) is 0.200. The number of carbonyl (C=O) groups excluding carboxylic acids is 2. The summed E-state index contributed by atoms with van der Waals surface area (Å²) in [5.74, 6) is -0.235. The number of carbonyl (C=O) groups is 2. The molecule has 9 heteroatoms. The lowest BCUT2D eigenvalue weighted by atomic mass is 9.86. The largest absolute Gasteiger partial charge is 0.733 e. The minimum absolute atomic E-state index is 0.00728. The molecule has 0 spiro atoms. The molecule has 4 heterocycles. The van der Waals surface area contributed by atoms with Gasteiger partial charge < -0.3 is 25.2 Å². The molecule has 0 saturated carbocycles. The lowest BCUT2D eigenvalue weighted by Crippen LogP contribution is -2.62. The molecule has 0 bridgehead atoms. The van der Waals surface area contributed by atoms with Crippen LogP contribution in [0.2, 0.25) is 0 Å². The molecule has 0 radical (unpaired) electrons. The highest BCUT2D eigenvalue weighted by Gasteiger charge is 2.48. The zero-order valence-corrected chi connectivity index (χ0v) is 18.9. The molecule has 2 aromatic heterocycles. The predicted molar refractivity (Wildman–Crippen MR) is 128 cm³/mol. The number of para-hydroxylation sites is 1. The molecule has 2 amide bonds. The van der Waals surface area contributed by atoms with Crippen molar-refractivity contribution in [2.45, 2.75) is 25.0 Å². The number of nitrogens with one attached hydrogen (secondary N) is 1. The molecule has 6 rings (SSSR count). The van der Waals surface area contributed by atoms with E-state index in [0.29, 0.717) is 18.5 Å². The molecule has 8 nitrogen and oxygen atoms in total. The maximum absolute atomic E-state index is 13.7. The Kier molecular flexibility index (Phi) is 4.91. The Morgan fingerprint density at radius 2 is 1.97 bits per heavy atom. The predicted octanol–water partition coefficient (Wildman–Crippen LogP) is 3.81. The topological polar surface area (TPSA) is 103 Å². The van der Waals surface area contributed by atoms with Crippen LogP contribution in [0.4, 0.5) is 5.69 Å². The van der Waals surface area contributed by atoms with Gasteiger partial charge in [-0.15, -0.1) is 11.3 Å². The number of hydrogen-bond donors (Lipinski definition) is 2. The van der Waals surface area contributed by atoms with Gasteiger partial charge in [-0.3, -0.25) is 14.8 Å². The van der Waals surface area contributed by atoms with Crippen LogP contribution >= 0.6 is 11.3 Å². The fourth-order valence-electron chi connectivity index (χ4n) is 5.21. The number of benzene rings is 2. The maximum atomic E-state index is 13.7. The Labute approximate surface area is 199 Å². The first-order chi connectivity index (χ1) is 16.5. The Morgan fingerprint density at radius 3 is 2.76 bits per heavy atom. The van der Waals surface area contributed by atoms with Crippen molar-refractivity contribution in [2.75, 3.05) is 11.8 Å². The van der Waals surface area contributed by atoms with Crippen LogP contribution in [0.5, 0.6) is 0 Å². The van der Waals surface area contributed by atoms with Gasteiger partial charge in [-0.2, -0.15) is 0 Å². The van der Waals surface area contributed by atoms with Crippen LogP contribution in [-0.4, -0.2) is 44.4 Å². The molecule has 2 atom stereocenters. The van der Waals surface area contributed by atoms with E-state index in [1.165, 1.54) is 6.07 Å². The van der Waals surface area contributed by atoms with E-state index in [0.717, 1.165) is 27.0 Å². The second kappa shape index (κ2) is 7.98. The lowest BCUT2D eigenvalue weighted by molar-refractivity contribution is -0.159. The normalized spacial score (nSPS) is 19.9. The highest BCUT2D eigenvalue weighted by molar-refractivity contribution is 7.09. The Bertz CT molecular complexity index is 1400. The molecule has 1 saturated heterocycles. The van der Waals surface area contributed by atoms with Gasteiger partial charge in [0.25, 0.3) is 0 Å². The minimum Gasteiger partial charge on any atom is -0.733 e. The number of aromatic nitrogens is 1. The van der Waals surface area contributed by atoms with Gasteiger partial charge in [0.15, 0.2) is 0 Å². The smallest absolute Gasteiger partial charge is 0.246 e. The first kappa shape index (κ1) is 20.9. The summed E-state index contributed by atoms with van der Waals surface area (Å²) >= 11 is 1.56. The molecular formula is C25H21N4O4S-. The number of hydrogen-bond acceptors (Lipinski definition) is 6. The number of thiophene rings is 1. The fourth-order valence-corrected chi connectivity index (χ4v) is 5.93. The average Bonchev–Trinajstić information content (AvgIpc) is 3.48. The van der Waals surface area contributed by atoms with Crippen molar-refractivity contribution < 1.29 is 14.8 Å². The number of nitrogens with zero attached hydrogens (tertiary/aromatic N) is 3. The maximum Gasteiger partial charge on any atom is 0.246 e. The summed E-state index contributed by atoms with van der Waals surface area (Å²) in [5.41, 5.74) is 3.47. The Hall–Kier alpha value is -3.66. The molecule has 0 aliphatic carbocycles. The number of piperazine rings is 1. The van der Waals surface area contributed by atoms with E-state index in [1.807, 2.05) is 47.8 Å². The zero-order valence-electron chi connectivity index (χ0n) is 18.0. The van der Waals surface area contributed by atoms with E-state index in [2.05, 4.69) is 4.98 Å². The Morgan fingerprint density at radius 1 is 1.12 bits per heavy atom. The van der Waals surface area contributed by atoms with E-state index in [1.54, 1.807) is 33.3 Å². The van der Waals surface area contributed by atoms with E-state index in [-0.39, 0.29) is 29.3 Å². The van der Waals surface area contributed by atoms with E-state index < -0.39 is 12.1 Å². The van der Waals surface area contributed by atoms with Gasteiger partial charge in [-0.1, -0.05) is 36.4 Å². The van der Waals surface area contributed by atoms with Crippen molar-refractivity contribution in [2.24, 2.45) is 0 Å². The van der Waals surface area contributed by atoms with Crippen LogP contribution in [0.15, 0.2) is 66.0 Å². The highest BCUT2D eigenvalue weighted by atomic mass is 32.1. The third kappa shape index (κ3) is 3.28.